The second kappa shape index (κ2) is 5.16. The highest BCUT2D eigenvalue weighted by molar-refractivity contribution is 6.36. The van der Waals surface area contributed by atoms with Gasteiger partial charge in [-0.3, -0.25) is 4.68 Å². The van der Waals surface area contributed by atoms with Crippen LogP contribution in [0.25, 0.3) is 0 Å². The first kappa shape index (κ1) is 13.2. The van der Waals surface area contributed by atoms with Crippen molar-refractivity contribution in [2.24, 2.45) is 7.05 Å². The number of aromatic nitrogens is 2. The van der Waals surface area contributed by atoms with E-state index in [2.05, 4.69) is 10.4 Å². The fourth-order valence-corrected chi connectivity index (χ4v) is 2.46. The molecule has 1 unspecified atom stereocenters. The lowest BCUT2D eigenvalue weighted by atomic mass is 10.1. The number of benzene rings is 1. The topological polar surface area (TPSA) is 29.9 Å². The van der Waals surface area contributed by atoms with Crippen LogP contribution < -0.4 is 5.32 Å². The molecule has 0 saturated heterocycles. The van der Waals surface area contributed by atoms with Gasteiger partial charge in [0.2, 0.25) is 0 Å². The average molecular weight is 288 g/mol. The third-order valence-corrected chi connectivity index (χ3v) is 3.31. The number of hydrogen-bond acceptors (Lipinski definition) is 2. The van der Waals surface area contributed by atoms with Gasteiger partial charge in [0.25, 0.3) is 0 Å². The molecule has 1 heterocycles. The lowest BCUT2D eigenvalue weighted by Crippen LogP contribution is -2.08. The van der Waals surface area contributed by atoms with E-state index in [9.17, 15) is 4.39 Å². The van der Waals surface area contributed by atoms with Crippen molar-refractivity contribution < 1.29 is 4.39 Å². The minimum absolute atomic E-state index is 0.0476. The van der Waals surface area contributed by atoms with Crippen molar-refractivity contribution in [2.75, 3.05) is 5.32 Å². The van der Waals surface area contributed by atoms with Crippen molar-refractivity contribution in [1.82, 2.24) is 9.78 Å². The van der Waals surface area contributed by atoms with Crippen LogP contribution in [0.2, 0.25) is 10.0 Å². The van der Waals surface area contributed by atoms with Crippen LogP contribution in [0.3, 0.4) is 0 Å². The van der Waals surface area contributed by atoms with Crippen molar-refractivity contribution >= 4 is 28.9 Å². The molecule has 1 aromatic carbocycles. The highest BCUT2D eigenvalue weighted by atomic mass is 35.5. The highest BCUT2D eigenvalue weighted by Gasteiger charge is 2.17. The Balaban J connectivity index is 2.28. The molecule has 1 aromatic heterocycles. The van der Waals surface area contributed by atoms with E-state index < -0.39 is 5.82 Å². The second-order valence-corrected chi connectivity index (χ2v) is 4.81. The normalized spacial score (nSPS) is 12.5. The zero-order valence-corrected chi connectivity index (χ0v) is 11.4. The van der Waals surface area contributed by atoms with Crippen LogP contribution in [0.5, 0.6) is 0 Å². The van der Waals surface area contributed by atoms with E-state index in [1.54, 1.807) is 10.9 Å². The molecule has 0 saturated carbocycles. The van der Waals surface area contributed by atoms with E-state index in [-0.39, 0.29) is 11.1 Å². The Morgan fingerprint density at radius 1 is 1.39 bits per heavy atom. The molecule has 0 aliphatic rings. The zero-order chi connectivity index (χ0) is 13.3. The Morgan fingerprint density at radius 2 is 2.11 bits per heavy atom. The standard InChI is InChI=1S/C12H12Cl2FN3/c1-7(17-8-5-16-18(2)6-8)11-9(13)3-4-10(15)12(11)14/h3-7,17H,1-2H3. The molecular weight excluding hydrogens is 276 g/mol. The number of nitrogens with one attached hydrogen (secondary N) is 1. The summed E-state index contributed by atoms with van der Waals surface area (Å²) < 4.78 is 15.1. The van der Waals surface area contributed by atoms with Gasteiger partial charge in [-0.15, -0.1) is 0 Å². The summed E-state index contributed by atoms with van der Waals surface area (Å²) in [7, 11) is 1.82. The quantitative estimate of drug-likeness (QED) is 0.864. The number of hydrogen-bond donors (Lipinski definition) is 1. The van der Waals surface area contributed by atoms with Crippen LogP contribution >= 0.6 is 23.2 Å². The monoisotopic (exact) mass is 287 g/mol. The molecule has 2 rings (SSSR count). The summed E-state index contributed by atoms with van der Waals surface area (Å²) >= 11 is 12.0. The first-order valence-electron chi connectivity index (χ1n) is 5.37. The van der Waals surface area contributed by atoms with Gasteiger partial charge < -0.3 is 5.32 Å². The van der Waals surface area contributed by atoms with Gasteiger partial charge in [-0.1, -0.05) is 23.2 Å². The van der Waals surface area contributed by atoms with Gasteiger partial charge in [0.05, 0.1) is 22.9 Å². The van der Waals surface area contributed by atoms with Crippen LogP contribution in [0.15, 0.2) is 24.5 Å². The van der Waals surface area contributed by atoms with Gasteiger partial charge in [-0.05, 0) is 19.1 Å². The highest BCUT2D eigenvalue weighted by Crippen LogP contribution is 2.33. The Hall–Kier alpha value is -1.26. The number of anilines is 1. The van der Waals surface area contributed by atoms with Crippen LogP contribution in [0, 0.1) is 5.82 Å². The lowest BCUT2D eigenvalue weighted by molar-refractivity contribution is 0.624. The molecule has 96 valence electrons. The van der Waals surface area contributed by atoms with Crippen molar-refractivity contribution in [3.05, 3.63) is 46.0 Å². The van der Waals surface area contributed by atoms with Crippen molar-refractivity contribution in [1.29, 1.82) is 0 Å². The predicted molar refractivity (Wildman–Crippen MR) is 71.7 cm³/mol. The smallest absolute Gasteiger partial charge is 0.142 e. The summed E-state index contributed by atoms with van der Waals surface area (Å²) in [6.07, 6.45) is 3.50. The van der Waals surface area contributed by atoms with Crippen LogP contribution in [0.4, 0.5) is 10.1 Å². The van der Waals surface area contributed by atoms with E-state index in [1.165, 1.54) is 12.1 Å². The third kappa shape index (κ3) is 2.60. The zero-order valence-electron chi connectivity index (χ0n) is 9.92. The molecular formula is C12H12Cl2FN3. The molecule has 0 bridgehead atoms. The number of rotatable bonds is 3. The molecule has 18 heavy (non-hydrogen) atoms. The van der Waals surface area contributed by atoms with Gasteiger partial charge in [0.15, 0.2) is 0 Å². The van der Waals surface area contributed by atoms with Crippen LogP contribution in [-0.2, 0) is 7.05 Å². The molecule has 0 aliphatic heterocycles. The van der Waals surface area contributed by atoms with E-state index in [4.69, 9.17) is 23.2 Å². The number of aryl methyl sites for hydroxylation is 1. The van der Waals surface area contributed by atoms with E-state index in [0.29, 0.717) is 10.6 Å². The summed E-state index contributed by atoms with van der Waals surface area (Å²) in [5.74, 6) is -0.476. The van der Waals surface area contributed by atoms with E-state index >= 15 is 0 Å². The maximum atomic E-state index is 13.4. The number of nitrogens with zero attached hydrogens (tertiary/aromatic N) is 2. The van der Waals surface area contributed by atoms with Crippen molar-refractivity contribution in [2.45, 2.75) is 13.0 Å². The number of halogens is 3. The fourth-order valence-electron chi connectivity index (χ4n) is 1.76. The third-order valence-electron chi connectivity index (χ3n) is 2.60. The van der Waals surface area contributed by atoms with E-state index in [0.717, 1.165) is 5.69 Å². The van der Waals surface area contributed by atoms with Gasteiger partial charge in [-0.2, -0.15) is 5.10 Å². The lowest BCUT2D eigenvalue weighted by Gasteiger charge is -2.17. The Labute approximate surface area is 115 Å². The first-order valence-corrected chi connectivity index (χ1v) is 6.13. The second-order valence-electron chi connectivity index (χ2n) is 4.03. The molecule has 2 aromatic rings. The maximum absolute atomic E-state index is 13.4. The van der Waals surface area contributed by atoms with Gasteiger partial charge >= 0.3 is 0 Å². The molecule has 3 nitrogen and oxygen atoms in total. The van der Waals surface area contributed by atoms with Crippen LogP contribution in [-0.4, -0.2) is 9.78 Å². The Bertz CT molecular complexity index is 568. The molecule has 1 N–H and O–H groups in total. The summed E-state index contributed by atoms with van der Waals surface area (Å²) in [5.41, 5.74) is 1.36. The minimum atomic E-state index is -0.476. The van der Waals surface area contributed by atoms with Crippen molar-refractivity contribution in [3.8, 4) is 0 Å². The van der Waals surface area contributed by atoms with E-state index in [1.807, 2.05) is 20.2 Å². The maximum Gasteiger partial charge on any atom is 0.142 e. The molecule has 1 atom stereocenters. The largest absolute Gasteiger partial charge is 0.376 e. The average Bonchev–Trinajstić information content (AvgIpc) is 2.70. The fraction of sp³-hybridized carbons (Fsp3) is 0.250. The molecule has 0 aliphatic carbocycles. The summed E-state index contributed by atoms with van der Waals surface area (Å²) in [6.45, 7) is 1.86. The summed E-state index contributed by atoms with van der Waals surface area (Å²) in [4.78, 5) is 0. The Kier molecular flexibility index (Phi) is 3.78. The van der Waals surface area contributed by atoms with Crippen LogP contribution in [0.1, 0.15) is 18.5 Å². The van der Waals surface area contributed by atoms with Crippen molar-refractivity contribution in [3.63, 3.8) is 0 Å². The van der Waals surface area contributed by atoms with Gasteiger partial charge in [0.1, 0.15) is 5.82 Å². The SMILES string of the molecule is CC(Nc1cnn(C)c1)c1c(Cl)ccc(F)c1Cl. The summed E-state index contributed by atoms with van der Waals surface area (Å²) in [6, 6.07) is 2.54. The molecule has 0 radical (unpaired) electrons. The molecule has 0 fully saturated rings. The molecule has 0 amide bonds. The minimum Gasteiger partial charge on any atom is -0.376 e. The van der Waals surface area contributed by atoms with Gasteiger partial charge in [0, 0.05) is 23.8 Å². The molecule has 6 heteroatoms. The Morgan fingerprint density at radius 3 is 2.72 bits per heavy atom. The molecule has 0 spiro atoms. The predicted octanol–water partition coefficient (Wildman–Crippen LogP) is 4.04. The van der Waals surface area contributed by atoms with Gasteiger partial charge in [-0.25, -0.2) is 4.39 Å². The first-order chi connectivity index (χ1) is 8.49. The summed E-state index contributed by atoms with van der Waals surface area (Å²) in [5, 5.41) is 7.69.